The fourth-order valence-corrected chi connectivity index (χ4v) is 4.67. The number of rotatable bonds is 5. The average Bonchev–Trinajstić information content (AvgIpc) is 2.95. The first-order valence-corrected chi connectivity index (χ1v) is 10.3. The highest BCUT2D eigenvalue weighted by Gasteiger charge is 2.38. The third kappa shape index (κ3) is 3.21. The van der Waals surface area contributed by atoms with E-state index in [1.807, 2.05) is 19.1 Å². The maximum atomic E-state index is 12.0. The molecule has 2 aromatic rings. The van der Waals surface area contributed by atoms with Crippen LogP contribution >= 0.6 is 0 Å². The van der Waals surface area contributed by atoms with Crippen molar-refractivity contribution in [3.8, 4) is 11.3 Å². The molecule has 0 aliphatic heterocycles. The molecule has 1 amide bonds. The van der Waals surface area contributed by atoms with Crippen LogP contribution in [0.2, 0.25) is 0 Å². The zero-order valence-corrected chi connectivity index (χ0v) is 18.3. The van der Waals surface area contributed by atoms with Crippen LogP contribution in [0.1, 0.15) is 80.2 Å². The summed E-state index contributed by atoms with van der Waals surface area (Å²) in [6, 6.07) is 6.76. The van der Waals surface area contributed by atoms with Crippen molar-refractivity contribution >= 4 is 5.91 Å². The van der Waals surface area contributed by atoms with Gasteiger partial charge in [-0.15, -0.1) is 6.58 Å². The molecule has 1 aromatic heterocycles. The van der Waals surface area contributed by atoms with Crippen LogP contribution in [-0.2, 0) is 23.8 Å². The number of nitrogens with zero attached hydrogens (tertiary/aromatic N) is 1. The topological polar surface area (TPSA) is 48.0 Å². The number of amides is 1. The highest BCUT2D eigenvalue weighted by molar-refractivity contribution is 5.96. The minimum Gasteiger partial charge on any atom is -0.366 e. The fourth-order valence-electron chi connectivity index (χ4n) is 4.67. The average molecular weight is 379 g/mol. The second-order valence-electron chi connectivity index (χ2n) is 9.47. The van der Waals surface area contributed by atoms with Crippen molar-refractivity contribution in [2.45, 2.75) is 78.2 Å². The Morgan fingerprint density at radius 2 is 1.71 bits per heavy atom. The molecule has 3 rings (SSSR count). The smallest absolute Gasteiger partial charge is 0.250 e. The van der Waals surface area contributed by atoms with E-state index in [1.165, 1.54) is 35.1 Å². The highest BCUT2D eigenvalue weighted by Crippen LogP contribution is 2.48. The minimum absolute atomic E-state index is 0.142. The number of allylic oxidation sites excluding steroid dienone is 1. The molecule has 150 valence electrons. The molecule has 0 saturated heterocycles. The molecule has 0 radical (unpaired) electrons. The predicted molar refractivity (Wildman–Crippen MR) is 118 cm³/mol. The number of primary amides is 1. The number of fused-ring (bicyclic) bond motifs is 1. The van der Waals surface area contributed by atoms with Gasteiger partial charge in [0, 0.05) is 23.5 Å². The van der Waals surface area contributed by atoms with E-state index >= 15 is 0 Å². The lowest BCUT2D eigenvalue weighted by molar-refractivity contribution is 0.0999. The van der Waals surface area contributed by atoms with Crippen LogP contribution in [0.25, 0.3) is 11.3 Å². The Labute approximate surface area is 169 Å². The number of carbonyl (C=O) groups excluding carboxylic acids is 1. The molecule has 1 aromatic carbocycles. The molecule has 1 aliphatic rings. The Hall–Kier alpha value is -2.29. The number of benzene rings is 1. The Morgan fingerprint density at radius 3 is 2.21 bits per heavy atom. The number of carbonyl (C=O) groups is 1. The van der Waals surface area contributed by atoms with E-state index in [2.05, 4.69) is 57.9 Å². The molecule has 0 saturated carbocycles. The third-order valence-electron chi connectivity index (χ3n) is 6.68. The van der Waals surface area contributed by atoms with Gasteiger partial charge in [-0.05, 0) is 65.8 Å². The van der Waals surface area contributed by atoms with Gasteiger partial charge in [0.15, 0.2) is 0 Å². The second-order valence-corrected chi connectivity index (χ2v) is 9.47. The van der Waals surface area contributed by atoms with Crippen molar-refractivity contribution in [3.05, 3.63) is 58.8 Å². The number of nitrogens with two attached hydrogens (primary N) is 1. The summed E-state index contributed by atoms with van der Waals surface area (Å²) >= 11 is 0. The van der Waals surface area contributed by atoms with Gasteiger partial charge in [-0.25, -0.2) is 0 Å². The van der Waals surface area contributed by atoms with E-state index in [0.717, 1.165) is 17.8 Å². The van der Waals surface area contributed by atoms with Gasteiger partial charge < -0.3 is 10.3 Å². The Morgan fingerprint density at radius 1 is 1.14 bits per heavy atom. The summed E-state index contributed by atoms with van der Waals surface area (Å²) in [4.78, 5) is 12.0. The number of hydrogen-bond donors (Lipinski definition) is 1. The van der Waals surface area contributed by atoms with Crippen LogP contribution in [-0.4, -0.2) is 10.5 Å². The normalized spacial score (nSPS) is 17.2. The third-order valence-corrected chi connectivity index (χ3v) is 6.68. The summed E-state index contributed by atoms with van der Waals surface area (Å²) < 4.78 is 2.16. The molecule has 0 atom stereocenters. The maximum Gasteiger partial charge on any atom is 0.250 e. The number of aromatic nitrogens is 1. The van der Waals surface area contributed by atoms with Gasteiger partial charge >= 0.3 is 0 Å². The standard InChI is InChI=1S/C25H34N2O/c1-8-12-27-16(3)18(23(26)28)15-22(27)19-14-21-20(13-17(19)9-2)24(4,5)10-11-25(21,6)7/h8,13-15H,1,9-12H2,2-7H3,(H2,26,28). The van der Waals surface area contributed by atoms with Crippen molar-refractivity contribution in [3.63, 3.8) is 0 Å². The summed E-state index contributed by atoms with van der Waals surface area (Å²) in [7, 11) is 0. The lowest BCUT2D eigenvalue weighted by Crippen LogP contribution is -2.34. The summed E-state index contributed by atoms with van der Waals surface area (Å²) in [6.07, 6.45) is 5.20. The molecule has 3 nitrogen and oxygen atoms in total. The van der Waals surface area contributed by atoms with Crippen LogP contribution in [0.4, 0.5) is 0 Å². The molecular weight excluding hydrogens is 344 g/mol. The quantitative estimate of drug-likeness (QED) is 0.671. The predicted octanol–water partition coefficient (Wildman–Crippen LogP) is 5.66. The van der Waals surface area contributed by atoms with E-state index in [4.69, 9.17) is 5.73 Å². The van der Waals surface area contributed by atoms with Crippen LogP contribution in [0.5, 0.6) is 0 Å². The SMILES string of the molecule is C=CCn1c(-c2cc3c(cc2CC)C(C)(C)CCC3(C)C)cc(C(N)=O)c1C. The first kappa shape index (κ1) is 20.4. The molecule has 28 heavy (non-hydrogen) atoms. The highest BCUT2D eigenvalue weighted by atomic mass is 16.1. The van der Waals surface area contributed by atoms with Crippen molar-refractivity contribution < 1.29 is 4.79 Å². The summed E-state index contributed by atoms with van der Waals surface area (Å²) in [5, 5.41) is 0. The van der Waals surface area contributed by atoms with Gasteiger partial charge in [0.05, 0.1) is 5.56 Å². The molecule has 0 unspecified atom stereocenters. The van der Waals surface area contributed by atoms with Gasteiger partial charge in [-0.3, -0.25) is 4.79 Å². The van der Waals surface area contributed by atoms with Gasteiger partial charge in [0.25, 0.3) is 5.91 Å². The summed E-state index contributed by atoms with van der Waals surface area (Å²) in [6.45, 7) is 18.1. The van der Waals surface area contributed by atoms with Crippen molar-refractivity contribution in [2.24, 2.45) is 5.73 Å². The van der Waals surface area contributed by atoms with Crippen molar-refractivity contribution in [1.29, 1.82) is 0 Å². The van der Waals surface area contributed by atoms with Gasteiger partial charge in [-0.2, -0.15) is 0 Å². The zero-order valence-electron chi connectivity index (χ0n) is 18.3. The first-order valence-electron chi connectivity index (χ1n) is 10.3. The maximum absolute atomic E-state index is 12.0. The first-order chi connectivity index (χ1) is 13.0. The monoisotopic (exact) mass is 378 g/mol. The largest absolute Gasteiger partial charge is 0.366 e. The number of hydrogen-bond acceptors (Lipinski definition) is 1. The van der Waals surface area contributed by atoms with E-state index in [0.29, 0.717) is 12.1 Å². The summed E-state index contributed by atoms with van der Waals surface area (Å²) in [5.41, 5.74) is 14.0. The fraction of sp³-hybridized carbons (Fsp3) is 0.480. The van der Waals surface area contributed by atoms with Crippen molar-refractivity contribution in [1.82, 2.24) is 4.57 Å². The minimum atomic E-state index is -0.376. The molecule has 0 bridgehead atoms. The molecule has 2 N–H and O–H groups in total. The summed E-state index contributed by atoms with van der Waals surface area (Å²) in [5.74, 6) is -0.376. The van der Waals surface area contributed by atoms with Crippen LogP contribution in [0.15, 0.2) is 30.9 Å². The van der Waals surface area contributed by atoms with Crippen LogP contribution in [0.3, 0.4) is 0 Å². The van der Waals surface area contributed by atoms with Gasteiger partial charge in [-0.1, -0.05) is 46.8 Å². The lowest BCUT2D eigenvalue weighted by Gasteiger charge is -2.42. The van der Waals surface area contributed by atoms with Gasteiger partial charge in [0.2, 0.25) is 0 Å². The number of aryl methyl sites for hydroxylation is 1. The second kappa shape index (κ2) is 6.95. The van der Waals surface area contributed by atoms with Gasteiger partial charge in [0.1, 0.15) is 0 Å². The molecule has 0 fully saturated rings. The molecule has 3 heteroatoms. The van der Waals surface area contributed by atoms with Crippen LogP contribution in [0, 0.1) is 6.92 Å². The van der Waals surface area contributed by atoms with E-state index in [9.17, 15) is 4.79 Å². The molecule has 1 aliphatic carbocycles. The molecule has 0 spiro atoms. The van der Waals surface area contributed by atoms with Crippen LogP contribution < -0.4 is 5.73 Å². The van der Waals surface area contributed by atoms with E-state index in [1.54, 1.807) is 0 Å². The zero-order chi connectivity index (χ0) is 20.9. The van der Waals surface area contributed by atoms with E-state index < -0.39 is 0 Å². The molecular formula is C25H34N2O. The Bertz CT molecular complexity index is 944. The Balaban J connectivity index is 2.34. The molecule has 1 heterocycles. The van der Waals surface area contributed by atoms with Crippen molar-refractivity contribution in [2.75, 3.05) is 0 Å². The van der Waals surface area contributed by atoms with E-state index in [-0.39, 0.29) is 16.7 Å². The lowest BCUT2D eigenvalue weighted by atomic mass is 9.62. The Kier molecular flexibility index (Phi) is 5.07.